The van der Waals surface area contributed by atoms with Crippen LogP contribution < -0.4 is 10.9 Å². The average molecular weight is 422 g/mol. The molecule has 0 bridgehead atoms. The van der Waals surface area contributed by atoms with Crippen LogP contribution in [0.5, 0.6) is 0 Å². The second-order valence-corrected chi connectivity index (χ2v) is 9.02. The molecule has 0 spiro atoms. The van der Waals surface area contributed by atoms with Crippen molar-refractivity contribution in [2.45, 2.75) is 19.4 Å². The van der Waals surface area contributed by atoms with Gasteiger partial charge in [-0.1, -0.05) is 0 Å². The minimum absolute atomic E-state index is 0.137. The lowest BCUT2D eigenvalue weighted by atomic mass is 9.97. The smallest absolute Gasteiger partial charge is 0.253 e. The van der Waals surface area contributed by atoms with Crippen molar-refractivity contribution in [2.75, 3.05) is 25.9 Å². The maximum absolute atomic E-state index is 13.0. The third-order valence-corrected chi connectivity index (χ3v) is 6.27. The van der Waals surface area contributed by atoms with Gasteiger partial charge in [-0.2, -0.15) is 0 Å². The zero-order chi connectivity index (χ0) is 21.0. The van der Waals surface area contributed by atoms with E-state index in [1.165, 1.54) is 39.7 Å². The van der Waals surface area contributed by atoms with Gasteiger partial charge in [-0.3, -0.25) is 14.2 Å². The van der Waals surface area contributed by atoms with Crippen molar-refractivity contribution < 1.29 is 17.6 Å². The lowest BCUT2D eigenvalue weighted by Gasteiger charge is -2.29. The number of carbonyl (C=O) groups is 1. The highest BCUT2D eigenvalue weighted by Crippen LogP contribution is 2.19. The number of hydrogen-bond donors (Lipinski definition) is 1. The van der Waals surface area contributed by atoms with E-state index in [0.717, 1.165) is 0 Å². The van der Waals surface area contributed by atoms with Crippen LogP contribution in [0, 0.1) is 11.7 Å². The van der Waals surface area contributed by atoms with Crippen molar-refractivity contribution in [3.05, 3.63) is 52.8 Å². The molecular formula is C19H23FN4O4S. The van der Waals surface area contributed by atoms with E-state index >= 15 is 0 Å². The van der Waals surface area contributed by atoms with Gasteiger partial charge in [0.1, 0.15) is 5.82 Å². The highest BCUT2D eigenvalue weighted by atomic mass is 32.2. The van der Waals surface area contributed by atoms with Crippen LogP contribution >= 0.6 is 0 Å². The Hall–Kier alpha value is -2.59. The highest BCUT2D eigenvalue weighted by Gasteiger charge is 2.28. The number of benzene rings is 1. The SMILES string of the molecule is CS(=O)(=O)N1CCC(C(=O)NCCn2cnc(-c3ccc(F)cc3)cc2=O)CC1. The molecule has 1 aliphatic heterocycles. The van der Waals surface area contributed by atoms with Gasteiger partial charge in [0.25, 0.3) is 5.56 Å². The molecule has 0 saturated carbocycles. The number of nitrogens with one attached hydrogen (secondary N) is 1. The Labute approximate surface area is 168 Å². The average Bonchev–Trinajstić information content (AvgIpc) is 2.69. The minimum Gasteiger partial charge on any atom is -0.354 e. The zero-order valence-corrected chi connectivity index (χ0v) is 16.9. The van der Waals surface area contributed by atoms with Gasteiger partial charge in [-0.25, -0.2) is 22.1 Å². The number of sulfonamides is 1. The fraction of sp³-hybridized carbons (Fsp3) is 0.421. The number of amides is 1. The Morgan fingerprint density at radius 2 is 1.90 bits per heavy atom. The summed E-state index contributed by atoms with van der Waals surface area (Å²) in [6.07, 6.45) is 3.53. The predicted octanol–water partition coefficient (Wildman–Crippen LogP) is 0.837. The molecule has 0 atom stereocenters. The topological polar surface area (TPSA) is 101 Å². The Morgan fingerprint density at radius 1 is 1.24 bits per heavy atom. The van der Waals surface area contributed by atoms with Gasteiger partial charge in [-0.15, -0.1) is 0 Å². The molecule has 1 amide bonds. The fourth-order valence-corrected chi connectivity index (χ4v) is 4.14. The largest absolute Gasteiger partial charge is 0.354 e. The quantitative estimate of drug-likeness (QED) is 0.743. The summed E-state index contributed by atoms with van der Waals surface area (Å²) in [7, 11) is -3.22. The van der Waals surface area contributed by atoms with Crippen LogP contribution in [0.15, 0.2) is 41.5 Å². The summed E-state index contributed by atoms with van der Waals surface area (Å²) >= 11 is 0. The number of piperidine rings is 1. The second kappa shape index (κ2) is 8.83. The second-order valence-electron chi connectivity index (χ2n) is 7.04. The first kappa shape index (κ1) is 21.1. The number of hydrogen-bond acceptors (Lipinski definition) is 5. The van der Waals surface area contributed by atoms with Crippen LogP contribution in [0.3, 0.4) is 0 Å². The molecule has 0 aliphatic carbocycles. The molecule has 1 saturated heterocycles. The molecule has 29 heavy (non-hydrogen) atoms. The van der Waals surface area contributed by atoms with Crippen molar-refractivity contribution in [1.82, 2.24) is 19.2 Å². The summed E-state index contributed by atoms with van der Waals surface area (Å²) in [6, 6.07) is 7.08. The van der Waals surface area contributed by atoms with E-state index in [1.807, 2.05) is 0 Å². The molecule has 2 heterocycles. The Balaban J connectivity index is 1.51. The van der Waals surface area contributed by atoms with Crippen molar-refractivity contribution in [2.24, 2.45) is 5.92 Å². The molecule has 3 rings (SSSR count). The summed E-state index contributed by atoms with van der Waals surface area (Å²) in [5, 5.41) is 2.80. The molecule has 1 N–H and O–H groups in total. The molecule has 0 unspecified atom stereocenters. The summed E-state index contributed by atoms with van der Waals surface area (Å²) < 4.78 is 38.8. The number of aromatic nitrogens is 2. The molecule has 1 aliphatic rings. The number of rotatable bonds is 6. The summed E-state index contributed by atoms with van der Waals surface area (Å²) in [6.45, 7) is 1.21. The molecule has 1 aromatic carbocycles. The lowest BCUT2D eigenvalue weighted by Crippen LogP contribution is -2.43. The van der Waals surface area contributed by atoms with Crippen LogP contribution in [0.25, 0.3) is 11.3 Å². The van der Waals surface area contributed by atoms with Crippen molar-refractivity contribution in [3.8, 4) is 11.3 Å². The fourth-order valence-electron chi connectivity index (χ4n) is 3.27. The molecule has 0 radical (unpaired) electrons. The van der Waals surface area contributed by atoms with Gasteiger partial charge in [0, 0.05) is 43.7 Å². The van der Waals surface area contributed by atoms with Crippen molar-refractivity contribution >= 4 is 15.9 Å². The minimum atomic E-state index is -3.22. The first-order valence-electron chi connectivity index (χ1n) is 9.29. The Bertz CT molecular complexity index is 1030. The molecule has 8 nitrogen and oxygen atoms in total. The van der Waals surface area contributed by atoms with Crippen LogP contribution in [-0.2, 0) is 21.4 Å². The van der Waals surface area contributed by atoms with E-state index in [9.17, 15) is 22.4 Å². The van der Waals surface area contributed by atoms with E-state index < -0.39 is 10.0 Å². The molecule has 2 aromatic rings. The maximum atomic E-state index is 13.0. The predicted molar refractivity (Wildman–Crippen MR) is 106 cm³/mol. The van der Waals surface area contributed by atoms with E-state index in [0.29, 0.717) is 37.2 Å². The van der Waals surface area contributed by atoms with Gasteiger partial charge in [0.15, 0.2) is 0 Å². The van der Waals surface area contributed by atoms with E-state index in [4.69, 9.17) is 0 Å². The normalized spacial score (nSPS) is 15.9. The highest BCUT2D eigenvalue weighted by molar-refractivity contribution is 7.88. The monoisotopic (exact) mass is 422 g/mol. The number of carbonyl (C=O) groups excluding carboxylic acids is 1. The van der Waals surface area contributed by atoms with Gasteiger partial charge in [-0.05, 0) is 37.1 Å². The number of nitrogens with zero attached hydrogens (tertiary/aromatic N) is 3. The van der Waals surface area contributed by atoms with Crippen LogP contribution in [0.4, 0.5) is 4.39 Å². The summed E-state index contributed by atoms with van der Waals surface area (Å²) in [5.74, 6) is -0.731. The number of halogens is 1. The van der Waals surface area contributed by atoms with Crippen LogP contribution in [0.2, 0.25) is 0 Å². The summed E-state index contributed by atoms with van der Waals surface area (Å²) in [5.41, 5.74) is 0.826. The van der Waals surface area contributed by atoms with E-state index in [2.05, 4.69) is 10.3 Å². The molecular weight excluding hydrogens is 399 g/mol. The molecule has 1 aromatic heterocycles. The first-order chi connectivity index (χ1) is 13.7. The molecule has 1 fully saturated rings. The maximum Gasteiger partial charge on any atom is 0.253 e. The van der Waals surface area contributed by atoms with Gasteiger partial charge in [0.2, 0.25) is 15.9 Å². The van der Waals surface area contributed by atoms with Gasteiger partial charge >= 0.3 is 0 Å². The van der Waals surface area contributed by atoms with Gasteiger partial charge in [0.05, 0.1) is 18.3 Å². The lowest BCUT2D eigenvalue weighted by molar-refractivity contribution is -0.126. The third kappa shape index (κ3) is 5.48. The standard InChI is InChI=1S/C19H23FN4O4S/c1-29(27,28)24-9-6-15(7-10-24)19(26)21-8-11-23-13-22-17(12-18(23)25)14-2-4-16(20)5-3-14/h2-5,12-13,15H,6-11H2,1H3,(H,21,26). The van der Waals surface area contributed by atoms with Crippen molar-refractivity contribution in [1.29, 1.82) is 0 Å². The Morgan fingerprint density at radius 3 is 2.48 bits per heavy atom. The third-order valence-electron chi connectivity index (χ3n) is 4.97. The van der Waals surface area contributed by atoms with Crippen LogP contribution in [-0.4, -0.2) is 54.1 Å². The Kier molecular flexibility index (Phi) is 6.43. The van der Waals surface area contributed by atoms with Crippen molar-refractivity contribution in [3.63, 3.8) is 0 Å². The van der Waals surface area contributed by atoms with E-state index in [1.54, 1.807) is 12.1 Å². The first-order valence-corrected chi connectivity index (χ1v) is 11.1. The molecule has 10 heteroatoms. The molecule has 156 valence electrons. The zero-order valence-electron chi connectivity index (χ0n) is 16.0. The van der Waals surface area contributed by atoms with Gasteiger partial charge < -0.3 is 5.32 Å². The summed E-state index contributed by atoms with van der Waals surface area (Å²) in [4.78, 5) is 28.8. The van der Waals surface area contributed by atoms with Crippen LogP contribution in [0.1, 0.15) is 12.8 Å². The van der Waals surface area contributed by atoms with E-state index in [-0.39, 0.29) is 36.3 Å².